The molecule has 0 saturated carbocycles. The van der Waals surface area contributed by atoms with Crippen molar-refractivity contribution >= 4 is 5.69 Å². The van der Waals surface area contributed by atoms with Crippen LogP contribution in [0.4, 0.5) is 10.1 Å². The summed E-state index contributed by atoms with van der Waals surface area (Å²) in [5, 5.41) is 0. The van der Waals surface area contributed by atoms with E-state index in [0.717, 1.165) is 18.8 Å². The summed E-state index contributed by atoms with van der Waals surface area (Å²) in [7, 11) is 0. The van der Waals surface area contributed by atoms with E-state index in [1.54, 1.807) is 0 Å². The summed E-state index contributed by atoms with van der Waals surface area (Å²) >= 11 is 0. The highest BCUT2D eigenvalue weighted by atomic mass is 19.1. The van der Waals surface area contributed by atoms with Crippen molar-refractivity contribution in [3.8, 4) is 0 Å². The Balaban J connectivity index is 2.73. The zero-order chi connectivity index (χ0) is 10.6. The van der Waals surface area contributed by atoms with Crippen LogP contribution in [-0.4, -0.2) is 13.1 Å². The van der Waals surface area contributed by atoms with Crippen LogP contribution in [0.1, 0.15) is 20.8 Å². The minimum absolute atomic E-state index is 0.172. The molecule has 14 heavy (non-hydrogen) atoms. The van der Waals surface area contributed by atoms with E-state index in [2.05, 4.69) is 25.7 Å². The van der Waals surface area contributed by atoms with E-state index in [9.17, 15) is 4.39 Å². The smallest absolute Gasteiger partial charge is 0.123 e. The van der Waals surface area contributed by atoms with E-state index in [-0.39, 0.29) is 5.82 Å². The van der Waals surface area contributed by atoms with Gasteiger partial charge in [-0.1, -0.05) is 13.8 Å². The Kier molecular flexibility index (Phi) is 3.93. The Labute approximate surface area is 85.5 Å². The quantitative estimate of drug-likeness (QED) is 0.712. The Morgan fingerprint density at radius 2 is 1.79 bits per heavy atom. The van der Waals surface area contributed by atoms with Crippen LogP contribution >= 0.6 is 0 Å². The predicted molar refractivity (Wildman–Crippen MR) is 59.1 cm³/mol. The van der Waals surface area contributed by atoms with Crippen LogP contribution in [0, 0.1) is 11.7 Å². The Hall–Kier alpha value is -1.05. The standard InChI is InChI=1S/C12H18FN/c1-4-14(9-10(2)3)12-7-5-11(13)6-8-12/h5-8,10H,4,9H2,1-3H3. The third-order valence-electron chi connectivity index (χ3n) is 2.16. The molecule has 1 aromatic carbocycles. The van der Waals surface area contributed by atoms with Crippen LogP contribution in [0.3, 0.4) is 0 Å². The molecule has 2 heteroatoms. The van der Waals surface area contributed by atoms with Crippen LogP contribution in [0.25, 0.3) is 0 Å². The molecule has 0 aromatic heterocycles. The monoisotopic (exact) mass is 195 g/mol. The van der Waals surface area contributed by atoms with Crippen molar-refractivity contribution < 1.29 is 4.39 Å². The first-order valence-electron chi connectivity index (χ1n) is 5.14. The lowest BCUT2D eigenvalue weighted by atomic mass is 10.2. The fourth-order valence-electron chi connectivity index (χ4n) is 1.51. The van der Waals surface area contributed by atoms with Gasteiger partial charge in [0.05, 0.1) is 0 Å². The minimum atomic E-state index is -0.172. The van der Waals surface area contributed by atoms with Gasteiger partial charge in [0.25, 0.3) is 0 Å². The lowest BCUT2D eigenvalue weighted by Crippen LogP contribution is -2.27. The van der Waals surface area contributed by atoms with Crippen molar-refractivity contribution in [3.63, 3.8) is 0 Å². The van der Waals surface area contributed by atoms with Crippen LogP contribution in [0.2, 0.25) is 0 Å². The molecule has 0 heterocycles. The second-order valence-corrected chi connectivity index (χ2v) is 3.91. The van der Waals surface area contributed by atoms with Crippen LogP contribution < -0.4 is 4.90 Å². The van der Waals surface area contributed by atoms with Gasteiger partial charge in [-0.3, -0.25) is 0 Å². The summed E-state index contributed by atoms with van der Waals surface area (Å²) in [6.45, 7) is 8.47. The van der Waals surface area contributed by atoms with Gasteiger partial charge in [0.1, 0.15) is 5.82 Å². The molecule has 0 spiro atoms. The zero-order valence-electron chi connectivity index (χ0n) is 9.13. The summed E-state index contributed by atoms with van der Waals surface area (Å²) in [5.74, 6) is 0.453. The van der Waals surface area contributed by atoms with Gasteiger partial charge in [-0.05, 0) is 37.1 Å². The zero-order valence-corrected chi connectivity index (χ0v) is 9.13. The molecule has 0 radical (unpaired) electrons. The molecule has 0 unspecified atom stereocenters. The number of hydrogen-bond donors (Lipinski definition) is 0. The number of rotatable bonds is 4. The van der Waals surface area contributed by atoms with Crippen LogP contribution in [-0.2, 0) is 0 Å². The van der Waals surface area contributed by atoms with E-state index >= 15 is 0 Å². The fraction of sp³-hybridized carbons (Fsp3) is 0.500. The molecule has 0 aliphatic rings. The number of hydrogen-bond acceptors (Lipinski definition) is 1. The Morgan fingerprint density at radius 3 is 2.21 bits per heavy atom. The van der Waals surface area contributed by atoms with Gasteiger partial charge in [0.15, 0.2) is 0 Å². The number of anilines is 1. The molecule has 0 bridgehead atoms. The molecular weight excluding hydrogens is 177 g/mol. The lowest BCUT2D eigenvalue weighted by molar-refractivity contribution is 0.614. The van der Waals surface area contributed by atoms with Gasteiger partial charge in [0, 0.05) is 18.8 Å². The molecule has 0 amide bonds. The predicted octanol–water partition coefficient (Wildman–Crippen LogP) is 3.31. The average molecular weight is 195 g/mol. The summed E-state index contributed by atoms with van der Waals surface area (Å²) in [6, 6.07) is 6.69. The molecule has 0 atom stereocenters. The highest BCUT2D eigenvalue weighted by Gasteiger charge is 2.05. The highest BCUT2D eigenvalue weighted by molar-refractivity contribution is 5.46. The average Bonchev–Trinajstić information content (AvgIpc) is 2.15. The van der Waals surface area contributed by atoms with Crippen molar-refractivity contribution in [2.45, 2.75) is 20.8 Å². The van der Waals surface area contributed by atoms with Gasteiger partial charge >= 0.3 is 0 Å². The van der Waals surface area contributed by atoms with E-state index in [0.29, 0.717) is 5.92 Å². The van der Waals surface area contributed by atoms with Gasteiger partial charge < -0.3 is 4.90 Å². The van der Waals surface area contributed by atoms with Crippen LogP contribution in [0.15, 0.2) is 24.3 Å². The fourth-order valence-corrected chi connectivity index (χ4v) is 1.51. The maximum absolute atomic E-state index is 12.7. The Bertz CT molecular complexity index is 266. The van der Waals surface area contributed by atoms with Crippen molar-refractivity contribution in [2.24, 2.45) is 5.92 Å². The van der Waals surface area contributed by atoms with Crippen molar-refractivity contribution in [3.05, 3.63) is 30.1 Å². The minimum Gasteiger partial charge on any atom is -0.372 e. The first kappa shape index (κ1) is 11.0. The number of halogens is 1. The second kappa shape index (κ2) is 4.99. The van der Waals surface area contributed by atoms with Gasteiger partial charge in [-0.25, -0.2) is 4.39 Å². The summed E-state index contributed by atoms with van der Waals surface area (Å²) in [5.41, 5.74) is 1.10. The van der Waals surface area contributed by atoms with E-state index in [4.69, 9.17) is 0 Å². The molecule has 78 valence electrons. The molecule has 0 aliphatic carbocycles. The van der Waals surface area contributed by atoms with Gasteiger partial charge in [0.2, 0.25) is 0 Å². The molecule has 0 N–H and O–H groups in total. The van der Waals surface area contributed by atoms with E-state index < -0.39 is 0 Å². The first-order chi connectivity index (χ1) is 6.63. The molecule has 0 fully saturated rings. The number of benzene rings is 1. The maximum atomic E-state index is 12.7. The molecule has 0 aliphatic heterocycles. The van der Waals surface area contributed by atoms with Crippen molar-refractivity contribution in [1.82, 2.24) is 0 Å². The maximum Gasteiger partial charge on any atom is 0.123 e. The van der Waals surface area contributed by atoms with Crippen molar-refractivity contribution in [1.29, 1.82) is 0 Å². The van der Waals surface area contributed by atoms with Gasteiger partial charge in [-0.15, -0.1) is 0 Å². The molecule has 1 rings (SSSR count). The van der Waals surface area contributed by atoms with Gasteiger partial charge in [-0.2, -0.15) is 0 Å². The van der Waals surface area contributed by atoms with Crippen LogP contribution in [0.5, 0.6) is 0 Å². The topological polar surface area (TPSA) is 3.24 Å². The normalized spacial score (nSPS) is 10.6. The summed E-state index contributed by atoms with van der Waals surface area (Å²) in [6.07, 6.45) is 0. The molecule has 1 nitrogen and oxygen atoms in total. The lowest BCUT2D eigenvalue weighted by Gasteiger charge is -2.25. The second-order valence-electron chi connectivity index (χ2n) is 3.91. The third-order valence-corrected chi connectivity index (χ3v) is 2.16. The third kappa shape index (κ3) is 3.02. The van der Waals surface area contributed by atoms with Crippen molar-refractivity contribution in [2.75, 3.05) is 18.0 Å². The first-order valence-corrected chi connectivity index (χ1v) is 5.14. The highest BCUT2D eigenvalue weighted by Crippen LogP contribution is 2.15. The van der Waals surface area contributed by atoms with E-state index in [1.807, 2.05) is 12.1 Å². The summed E-state index contributed by atoms with van der Waals surface area (Å²) < 4.78 is 12.7. The molecule has 1 aromatic rings. The number of nitrogens with zero attached hydrogens (tertiary/aromatic N) is 1. The summed E-state index contributed by atoms with van der Waals surface area (Å²) in [4.78, 5) is 2.25. The SMILES string of the molecule is CCN(CC(C)C)c1ccc(F)cc1. The molecular formula is C12H18FN. The largest absolute Gasteiger partial charge is 0.372 e. The Morgan fingerprint density at radius 1 is 1.21 bits per heavy atom. The van der Waals surface area contributed by atoms with E-state index in [1.165, 1.54) is 12.1 Å². The molecule has 0 saturated heterocycles.